The molecule has 0 aromatic heterocycles. The number of hydrogen-bond acceptors (Lipinski definition) is 4. The molecule has 0 fully saturated rings. The number of carbonyl (C=O) groups excluding carboxylic acids is 2. The van der Waals surface area contributed by atoms with Crippen molar-refractivity contribution in [2.45, 2.75) is 110 Å². The van der Waals surface area contributed by atoms with Gasteiger partial charge in [-0.1, -0.05) is 72.1 Å². The summed E-state index contributed by atoms with van der Waals surface area (Å²) in [5.41, 5.74) is 5.53. The molecule has 0 saturated heterocycles. The van der Waals surface area contributed by atoms with Gasteiger partial charge < -0.3 is 15.8 Å². The zero-order chi connectivity index (χ0) is 20.3. The lowest BCUT2D eigenvalue weighted by Crippen LogP contribution is -2.42. The Balaban J connectivity index is 4.00. The van der Waals surface area contributed by atoms with Crippen LogP contribution < -0.4 is 11.1 Å². The molecule has 0 aliphatic rings. The molecule has 0 radical (unpaired) electrons. The highest BCUT2D eigenvalue weighted by Gasteiger charge is 2.21. The third kappa shape index (κ3) is 16.8. The van der Waals surface area contributed by atoms with Gasteiger partial charge in [-0.25, -0.2) is 4.79 Å². The maximum Gasteiger partial charge on any atom is 0.328 e. The maximum atomic E-state index is 12.2. The summed E-state index contributed by atoms with van der Waals surface area (Å²) in [6.07, 6.45) is 13.8. The molecule has 0 rings (SSSR count). The zero-order valence-corrected chi connectivity index (χ0v) is 18.1. The molecule has 5 nitrogen and oxygen atoms in total. The first-order valence-corrected chi connectivity index (χ1v) is 11.2. The van der Waals surface area contributed by atoms with Crippen LogP contribution in [0.15, 0.2) is 0 Å². The molecular weight excluding hydrogens is 340 g/mol. The highest BCUT2D eigenvalue weighted by Crippen LogP contribution is 2.11. The highest BCUT2D eigenvalue weighted by atomic mass is 16.5. The molecular formula is C22H44N2O3. The van der Waals surface area contributed by atoms with Gasteiger partial charge in [-0.2, -0.15) is 0 Å². The van der Waals surface area contributed by atoms with Gasteiger partial charge >= 0.3 is 5.97 Å². The summed E-state index contributed by atoms with van der Waals surface area (Å²) < 4.78 is 5.31. The van der Waals surface area contributed by atoms with Gasteiger partial charge in [0, 0.05) is 6.42 Å². The number of amides is 1. The Labute approximate surface area is 167 Å². The molecule has 0 saturated carbocycles. The van der Waals surface area contributed by atoms with E-state index in [1.165, 1.54) is 44.9 Å². The first-order chi connectivity index (χ1) is 13.0. The van der Waals surface area contributed by atoms with Crippen LogP contribution in [-0.2, 0) is 14.3 Å². The standard InChI is InChI=1S/C22H44N2O3/c1-4-5-6-7-8-9-10-11-12-16-21(25)24-20(15-13-14-17-23)22(26)27-18-19(2)3/h19-20H,4-18,23H2,1-3H3,(H,24,25)/t20-/m0/s1. The second-order valence-corrected chi connectivity index (χ2v) is 8.01. The van der Waals surface area contributed by atoms with Crippen LogP contribution in [-0.4, -0.2) is 31.1 Å². The van der Waals surface area contributed by atoms with E-state index in [9.17, 15) is 9.59 Å². The molecule has 3 N–H and O–H groups in total. The van der Waals surface area contributed by atoms with Crippen LogP contribution in [0.25, 0.3) is 0 Å². The van der Waals surface area contributed by atoms with Crippen LogP contribution in [0.3, 0.4) is 0 Å². The predicted molar refractivity (Wildman–Crippen MR) is 112 cm³/mol. The van der Waals surface area contributed by atoms with Crippen molar-refractivity contribution in [1.29, 1.82) is 0 Å². The van der Waals surface area contributed by atoms with Crippen molar-refractivity contribution < 1.29 is 14.3 Å². The molecule has 0 aromatic rings. The average molecular weight is 385 g/mol. The molecule has 0 spiro atoms. The maximum absolute atomic E-state index is 12.2. The normalized spacial score (nSPS) is 12.2. The molecule has 0 aliphatic carbocycles. The molecule has 0 unspecified atom stereocenters. The summed E-state index contributed by atoms with van der Waals surface area (Å²) in [4.78, 5) is 24.4. The topological polar surface area (TPSA) is 81.4 Å². The van der Waals surface area contributed by atoms with Crippen molar-refractivity contribution in [2.24, 2.45) is 11.7 Å². The summed E-state index contributed by atoms with van der Waals surface area (Å²) in [7, 11) is 0. The molecule has 1 amide bonds. The lowest BCUT2D eigenvalue weighted by molar-refractivity contribution is -0.149. The number of carbonyl (C=O) groups is 2. The minimum atomic E-state index is -0.540. The van der Waals surface area contributed by atoms with Gasteiger partial charge in [0.15, 0.2) is 0 Å². The number of esters is 1. The van der Waals surface area contributed by atoms with Crippen molar-refractivity contribution in [1.82, 2.24) is 5.32 Å². The average Bonchev–Trinajstić information content (AvgIpc) is 2.64. The van der Waals surface area contributed by atoms with E-state index in [4.69, 9.17) is 10.5 Å². The van der Waals surface area contributed by atoms with Gasteiger partial charge in [0.05, 0.1) is 6.61 Å². The fraction of sp³-hybridized carbons (Fsp3) is 0.909. The molecule has 5 heteroatoms. The van der Waals surface area contributed by atoms with Crippen LogP contribution in [0.5, 0.6) is 0 Å². The van der Waals surface area contributed by atoms with Crippen molar-refractivity contribution >= 4 is 11.9 Å². The molecule has 0 bridgehead atoms. The third-order valence-electron chi connectivity index (χ3n) is 4.63. The second kappa shape index (κ2) is 18.3. The Kier molecular flexibility index (Phi) is 17.5. The smallest absolute Gasteiger partial charge is 0.328 e. The number of ether oxygens (including phenoxy) is 1. The van der Waals surface area contributed by atoms with Crippen LogP contribution >= 0.6 is 0 Å². The first kappa shape index (κ1) is 25.9. The lowest BCUT2D eigenvalue weighted by atomic mass is 10.1. The van der Waals surface area contributed by atoms with Crippen molar-refractivity contribution in [2.75, 3.05) is 13.2 Å². The van der Waals surface area contributed by atoms with E-state index in [1.54, 1.807) is 0 Å². The highest BCUT2D eigenvalue weighted by molar-refractivity contribution is 5.84. The molecule has 0 heterocycles. The molecule has 0 aliphatic heterocycles. The van der Waals surface area contributed by atoms with Crippen molar-refractivity contribution in [3.63, 3.8) is 0 Å². The van der Waals surface area contributed by atoms with Crippen molar-refractivity contribution in [3.8, 4) is 0 Å². The summed E-state index contributed by atoms with van der Waals surface area (Å²) in [5, 5.41) is 2.87. The Morgan fingerprint density at radius 1 is 0.889 bits per heavy atom. The van der Waals surface area contributed by atoms with Crippen LogP contribution in [0, 0.1) is 5.92 Å². The zero-order valence-electron chi connectivity index (χ0n) is 18.1. The van der Waals surface area contributed by atoms with E-state index in [0.29, 0.717) is 26.0 Å². The monoisotopic (exact) mass is 384 g/mol. The number of unbranched alkanes of at least 4 members (excludes halogenated alkanes) is 9. The number of rotatable bonds is 18. The van der Waals surface area contributed by atoms with E-state index in [0.717, 1.165) is 25.7 Å². The summed E-state index contributed by atoms with van der Waals surface area (Å²) in [5.74, 6) is -0.0744. The first-order valence-electron chi connectivity index (χ1n) is 11.2. The van der Waals surface area contributed by atoms with E-state index in [-0.39, 0.29) is 17.8 Å². The Morgan fingerprint density at radius 3 is 2.04 bits per heavy atom. The third-order valence-corrected chi connectivity index (χ3v) is 4.63. The summed E-state index contributed by atoms with van der Waals surface area (Å²) in [6.45, 7) is 7.22. The van der Waals surface area contributed by atoms with E-state index in [2.05, 4.69) is 12.2 Å². The number of nitrogens with one attached hydrogen (secondary N) is 1. The number of nitrogens with two attached hydrogens (primary N) is 1. The quantitative estimate of drug-likeness (QED) is 0.265. The van der Waals surface area contributed by atoms with E-state index >= 15 is 0 Å². The minimum absolute atomic E-state index is 0.0443. The minimum Gasteiger partial charge on any atom is -0.464 e. The lowest BCUT2D eigenvalue weighted by Gasteiger charge is -2.18. The van der Waals surface area contributed by atoms with E-state index < -0.39 is 6.04 Å². The van der Waals surface area contributed by atoms with Crippen molar-refractivity contribution in [3.05, 3.63) is 0 Å². The molecule has 0 aromatic carbocycles. The summed E-state index contributed by atoms with van der Waals surface area (Å²) in [6, 6.07) is -0.540. The SMILES string of the molecule is CCCCCCCCCCCC(=O)N[C@@H](CCCCN)C(=O)OCC(C)C. The van der Waals surface area contributed by atoms with Gasteiger partial charge in [0.1, 0.15) is 6.04 Å². The number of hydrogen-bond donors (Lipinski definition) is 2. The molecule has 27 heavy (non-hydrogen) atoms. The largest absolute Gasteiger partial charge is 0.464 e. The van der Waals surface area contributed by atoms with Gasteiger partial charge in [-0.3, -0.25) is 4.79 Å². The second-order valence-electron chi connectivity index (χ2n) is 8.01. The van der Waals surface area contributed by atoms with Crippen LogP contribution in [0.1, 0.15) is 104 Å². The Hall–Kier alpha value is -1.10. The van der Waals surface area contributed by atoms with Gasteiger partial charge in [0.2, 0.25) is 5.91 Å². The van der Waals surface area contributed by atoms with Crippen LogP contribution in [0.4, 0.5) is 0 Å². The molecule has 160 valence electrons. The van der Waals surface area contributed by atoms with Crippen LogP contribution in [0.2, 0.25) is 0 Å². The molecule has 1 atom stereocenters. The van der Waals surface area contributed by atoms with Gasteiger partial charge in [0.25, 0.3) is 0 Å². The summed E-state index contributed by atoms with van der Waals surface area (Å²) >= 11 is 0. The predicted octanol–water partition coefficient (Wildman–Crippen LogP) is 4.72. The Morgan fingerprint density at radius 2 is 1.48 bits per heavy atom. The Bertz CT molecular complexity index is 373. The van der Waals surface area contributed by atoms with E-state index in [1.807, 2.05) is 13.8 Å². The van der Waals surface area contributed by atoms with Gasteiger partial charge in [-0.15, -0.1) is 0 Å². The fourth-order valence-electron chi connectivity index (χ4n) is 2.95. The fourth-order valence-corrected chi connectivity index (χ4v) is 2.95. The van der Waals surface area contributed by atoms with Gasteiger partial charge in [-0.05, 0) is 38.1 Å².